The fraction of sp³-hybridized carbons (Fsp3) is 1.00. The minimum atomic E-state index is 0.877. The van der Waals surface area contributed by atoms with Gasteiger partial charge in [0.2, 0.25) is 0 Å². The van der Waals surface area contributed by atoms with Crippen molar-refractivity contribution in [1.29, 1.82) is 0 Å². The largest absolute Gasteiger partial charge is 0.316 e. The fourth-order valence-electron chi connectivity index (χ4n) is 2.32. The van der Waals surface area contributed by atoms with Crippen LogP contribution in [0.15, 0.2) is 0 Å². The van der Waals surface area contributed by atoms with E-state index in [-0.39, 0.29) is 0 Å². The Kier molecular flexibility index (Phi) is 2.89. The Bertz CT molecular complexity index is 165. The summed E-state index contributed by atoms with van der Waals surface area (Å²) in [5.74, 6) is 2.81. The smallest absolute Gasteiger partial charge is 0.00219 e. The van der Waals surface area contributed by atoms with Gasteiger partial charge in [0.05, 0.1) is 0 Å². The summed E-state index contributed by atoms with van der Waals surface area (Å²) in [6.07, 6.45) is 2.95. The Hall–Kier alpha value is -0.0800. The van der Waals surface area contributed by atoms with Crippen molar-refractivity contribution in [2.75, 3.05) is 33.2 Å². The van der Waals surface area contributed by atoms with Crippen molar-refractivity contribution in [2.24, 2.45) is 17.8 Å². The van der Waals surface area contributed by atoms with Crippen LogP contribution in [0.4, 0.5) is 0 Å². The molecule has 0 radical (unpaired) electrons. The van der Waals surface area contributed by atoms with Gasteiger partial charge in [-0.1, -0.05) is 6.92 Å². The highest BCUT2D eigenvalue weighted by atomic mass is 15.1. The minimum absolute atomic E-state index is 0.877. The van der Waals surface area contributed by atoms with Crippen LogP contribution in [0.1, 0.15) is 19.8 Å². The SMILES string of the molecule is CC1CNCC1CN(C)CC1CC1. The zero-order valence-corrected chi connectivity index (χ0v) is 8.92. The lowest BCUT2D eigenvalue weighted by molar-refractivity contribution is 0.251. The van der Waals surface area contributed by atoms with E-state index in [2.05, 4.69) is 24.2 Å². The molecule has 1 saturated carbocycles. The van der Waals surface area contributed by atoms with E-state index in [0.717, 1.165) is 17.8 Å². The maximum absolute atomic E-state index is 3.47. The van der Waals surface area contributed by atoms with Crippen molar-refractivity contribution in [2.45, 2.75) is 19.8 Å². The van der Waals surface area contributed by atoms with Gasteiger partial charge in [-0.2, -0.15) is 0 Å². The van der Waals surface area contributed by atoms with Crippen LogP contribution < -0.4 is 5.32 Å². The van der Waals surface area contributed by atoms with Crippen LogP contribution in [-0.4, -0.2) is 38.1 Å². The molecule has 2 nitrogen and oxygen atoms in total. The molecule has 1 N–H and O–H groups in total. The van der Waals surface area contributed by atoms with Crippen LogP contribution in [0.2, 0.25) is 0 Å². The molecule has 2 rings (SSSR count). The van der Waals surface area contributed by atoms with Crippen molar-refractivity contribution in [3.8, 4) is 0 Å². The second-order valence-corrected chi connectivity index (χ2v) is 5.06. The van der Waals surface area contributed by atoms with Gasteiger partial charge in [-0.25, -0.2) is 0 Å². The van der Waals surface area contributed by atoms with Gasteiger partial charge in [-0.3, -0.25) is 0 Å². The molecule has 2 atom stereocenters. The van der Waals surface area contributed by atoms with Crippen LogP contribution in [0.5, 0.6) is 0 Å². The van der Waals surface area contributed by atoms with E-state index in [0.29, 0.717) is 0 Å². The van der Waals surface area contributed by atoms with Gasteiger partial charge in [0.15, 0.2) is 0 Å². The maximum Gasteiger partial charge on any atom is 0.00219 e. The molecule has 1 aliphatic carbocycles. The Labute approximate surface area is 81.7 Å². The van der Waals surface area contributed by atoms with Crippen molar-refractivity contribution in [1.82, 2.24) is 10.2 Å². The Balaban J connectivity index is 1.69. The molecule has 13 heavy (non-hydrogen) atoms. The number of rotatable bonds is 4. The molecule has 0 aromatic carbocycles. The zero-order chi connectivity index (χ0) is 9.26. The molecule has 2 heteroatoms. The first-order valence-electron chi connectivity index (χ1n) is 5.65. The maximum atomic E-state index is 3.47. The van der Waals surface area contributed by atoms with Crippen LogP contribution in [0, 0.1) is 17.8 Å². The predicted molar refractivity (Wildman–Crippen MR) is 55.7 cm³/mol. The van der Waals surface area contributed by atoms with Gasteiger partial charge < -0.3 is 10.2 Å². The summed E-state index contributed by atoms with van der Waals surface area (Å²) in [7, 11) is 2.28. The molecule has 1 aliphatic heterocycles. The molecular weight excluding hydrogens is 160 g/mol. The summed E-state index contributed by atoms with van der Waals surface area (Å²) in [6.45, 7) is 7.46. The fourth-order valence-corrected chi connectivity index (χ4v) is 2.32. The summed E-state index contributed by atoms with van der Waals surface area (Å²) in [4.78, 5) is 2.53. The summed E-state index contributed by atoms with van der Waals surface area (Å²) < 4.78 is 0. The van der Waals surface area contributed by atoms with Crippen LogP contribution in [0.3, 0.4) is 0 Å². The van der Waals surface area contributed by atoms with E-state index in [9.17, 15) is 0 Å². The molecule has 76 valence electrons. The lowest BCUT2D eigenvalue weighted by Crippen LogP contribution is -2.30. The molecule has 0 spiro atoms. The van der Waals surface area contributed by atoms with Gasteiger partial charge in [0.25, 0.3) is 0 Å². The lowest BCUT2D eigenvalue weighted by Gasteiger charge is -2.22. The van der Waals surface area contributed by atoms with E-state index in [1.165, 1.54) is 39.0 Å². The van der Waals surface area contributed by atoms with E-state index in [1.54, 1.807) is 0 Å². The van der Waals surface area contributed by atoms with Crippen molar-refractivity contribution < 1.29 is 0 Å². The zero-order valence-electron chi connectivity index (χ0n) is 8.92. The second kappa shape index (κ2) is 3.97. The number of nitrogens with one attached hydrogen (secondary N) is 1. The molecule has 0 bridgehead atoms. The van der Waals surface area contributed by atoms with Gasteiger partial charge in [0, 0.05) is 13.1 Å². The average molecular weight is 182 g/mol. The molecule has 0 aromatic heterocycles. The Morgan fingerprint density at radius 3 is 2.54 bits per heavy atom. The minimum Gasteiger partial charge on any atom is -0.316 e. The first-order chi connectivity index (χ1) is 6.25. The third-order valence-electron chi connectivity index (χ3n) is 3.49. The molecule has 1 heterocycles. The normalized spacial score (nSPS) is 34.4. The van der Waals surface area contributed by atoms with Gasteiger partial charge >= 0.3 is 0 Å². The third-order valence-corrected chi connectivity index (χ3v) is 3.49. The second-order valence-electron chi connectivity index (χ2n) is 5.06. The number of nitrogens with zero attached hydrogens (tertiary/aromatic N) is 1. The Morgan fingerprint density at radius 2 is 2.00 bits per heavy atom. The number of hydrogen-bond donors (Lipinski definition) is 1. The van der Waals surface area contributed by atoms with E-state index in [4.69, 9.17) is 0 Å². The molecule has 0 amide bonds. The molecule has 2 unspecified atom stereocenters. The molecule has 2 fully saturated rings. The molecule has 1 saturated heterocycles. The highest BCUT2D eigenvalue weighted by Crippen LogP contribution is 2.29. The summed E-state index contributed by atoms with van der Waals surface area (Å²) in [6, 6.07) is 0. The van der Waals surface area contributed by atoms with E-state index < -0.39 is 0 Å². The summed E-state index contributed by atoms with van der Waals surface area (Å²) in [5, 5.41) is 3.47. The van der Waals surface area contributed by atoms with Crippen LogP contribution in [-0.2, 0) is 0 Å². The topological polar surface area (TPSA) is 15.3 Å². The first kappa shape index (κ1) is 9.47. The summed E-state index contributed by atoms with van der Waals surface area (Å²) >= 11 is 0. The molecule has 0 aromatic rings. The average Bonchev–Trinajstić information content (AvgIpc) is 2.79. The van der Waals surface area contributed by atoms with Crippen molar-refractivity contribution >= 4 is 0 Å². The van der Waals surface area contributed by atoms with Gasteiger partial charge in [-0.05, 0) is 50.7 Å². The first-order valence-corrected chi connectivity index (χ1v) is 5.65. The standard InChI is InChI=1S/C11H22N2/c1-9-5-12-6-11(9)8-13(2)7-10-3-4-10/h9-12H,3-8H2,1-2H3. The van der Waals surface area contributed by atoms with Gasteiger partial charge in [0.1, 0.15) is 0 Å². The lowest BCUT2D eigenvalue weighted by atomic mass is 9.98. The highest BCUT2D eigenvalue weighted by Gasteiger charge is 2.27. The van der Waals surface area contributed by atoms with E-state index in [1.807, 2.05) is 0 Å². The Morgan fingerprint density at radius 1 is 1.23 bits per heavy atom. The third kappa shape index (κ3) is 2.68. The van der Waals surface area contributed by atoms with Crippen LogP contribution in [0.25, 0.3) is 0 Å². The number of hydrogen-bond acceptors (Lipinski definition) is 2. The van der Waals surface area contributed by atoms with E-state index >= 15 is 0 Å². The van der Waals surface area contributed by atoms with Crippen LogP contribution >= 0.6 is 0 Å². The van der Waals surface area contributed by atoms with Crippen molar-refractivity contribution in [3.63, 3.8) is 0 Å². The summed E-state index contributed by atoms with van der Waals surface area (Å²) in [5.41, 5.74) is 0. The predicted octanol–water partition coefficient (Wildman–Crippen LogP) is 1.18. The molecular formula is C11H22N2. The van der Waals surface area contributed by atoms with Gasteiger partial charge in [-0.15, -0.1) is 0 Å². The highest BCUT2D eigenvalue weighted by molar-refractivity contribution is 4.82. The quantitative estimate of drug-likeness (QED) is 0.702. The van der Waals surface area contributed by atoms with Crippen molar-refractivity contribution in [3.05, 3.63) is 0 Å². The monoisotopic (exact) mass is 182 g/mol. The molecule has 2 aliphatic rings.